The third kappa shape index (κ3) is 3.08. The van der Waals surface area contributed by atoms with Crippen molar-refractivity contribution in [2.75, 3.05) is 5.32 Å². The molecule has 2 heterocycles. The van der Waals surface area contributed by atoms with E-state index in [1.807, 2.05) is 29.2 Å². The minimum atomic E-state index is 0.316. The second-order valence-electron chi connectivity index (χ2n) is 5.30. The van der Waals surface area contributed by atoms with Gasteiger partial charge < -0.3 is 5.32 Å². The van der Waals surface area contributed by atoms with Crippen LogP contribution >= 0.6 is 15.9 Å². The molecule has 0 saturated carbocycles. The number of benzene rings is 1. The van der Waals surface area contributed by atoms with Crippen molar-refractivity contribution in [2.45, 2.75) is 26.4 Å². The molecular formula is C16H17BrN4. The first-order chi connectivity index (χ1) is 10.1. The summed E-state index contributed by atoms with van der Waals surface area (Å²) < 4.78 is 3.03. The third-order valence-electron chi connectivity index (χ3n) is 3.33. The Kier molecular flexibility index (Phi) is 3.92. The van der Waals surface area contributed by atoms with Gasteiger partial charge in [0, 0.05) is 22.4 Å². The molecule has 3 rings (SSSR count). The topological polar surface area (TPSA) is 42.7 Å². The van der Waals surface area contributed by atoms with Crippen LogP contribution in [0.25, 0.3) is 11.0 Å². The van der Waals surface area contributed by atoms with Crippen LogP contribution in [0.4, 0.5) is 5.69 Å². The van der Waals surface area contributed by atoms with Crippen LogP contribution in [0.2, 0.25) is 0 Å². The summed E-state index contributed by atoms with van der Waals surface area (Å²) in [6.45, 7) is 4.99. The molecule has 2 aromatic heterocycles. The van der Waals surface area contributed by atoms with Gasteiger partial charge in [-0.1, -0.05) is 28.1 Å². The molecule has 3 aromatic rings. The van der Waals surface area contributed by atoms with Crippen LogP contribution in [0.1, 0.15) is 25.5 Å². The van der Waals surface area contributed by atoms with Crippen LogP contribution in [-0.2, 0) is 6.54 Å². The van der Waals surface area contributed by atoms with Crippen LogP contribution in [0.15, 0.2) is 47.2 Å². The van der Waals surface area contributed by atoms with Crippen molar-refractivity contribution in [1.29, 1.82) is 0 Å². The molecule has 1 N–H and O–H groups in total. The molecule has 0 aliphatic carbocycles. The van der Waals surface area contributed by atoms with Gasteiger partial charge in [0.25, 0.3) is 0 Å². The van der Waals surface area contributed by atoms with Crippen molar-refractivity contribution in [3.8, 4) is 0 Å². The minimum Gasteiger partial charge on any atom is -0.380 e. The summed E-state index contributed by atoms with van der Waals surface area (Å²) in [5.74, 6) is 0. The van der Waals surface area contributed by atoms with E-state index in [0.29, 0.717) is 6.04 Å². The minimum absolute atomic E-state index is 0.316. The molecule has 0 fully saturated rings. The van der Waals surface area contributed by atoms with Gasteiger partial charge in [0.15, 0.2) is 5.65 Å². The number of aromatic nitrogens is 3. The van der Waals surface area contributed by atoms with E-state index in [0.717, 1.165) is 27.7 Å². The normalized spacial score (nSPS) is 11.2. The van der Waals surface area contributed by atoms with Gasteiger partial charge >= 0.3 is 0 Å². The predicted molar refractivity (Wildman–Crippen MR) is 89.4 cm³/mol. The first-order valence-corrected chi connectivity index (χ1v) is 7.74. The molecule has 0 amide bonds. The predicted octanol–water partition coefficient (Wildman–Crippen LogP) is 4.39. The maximum atomic E-state index is 4.52. The molecule has 1 aromatic carbocycles. The maximum Gasteiger partial charge on any atom is 0.158 e. The van der Waals surface area contributed by atoms with Crippen molar-refractivity contribution >= 4 is 32.7 Å². The summed E-state index contributed by atoms with van der Waals surface area (Å²) in [5, 5.41) is 8.84. The zero-order valence-electron chi connectivity index (χ0n) is 12.0. The molecule has 108 valence electrons. The lowest BCUT2D eigenvalue weighted by Crippen LogP contribution is -2.04. The first-order valence-electron chi connectivity index (χ1n) is 6.95. The fraction of sp³-hybridized carbons (Fsp3) is 0.250. The highest BCUT2D eigenvalue weighted by Crippen LogP contribution is 2.19. The van der Waals surface area contributed by atoms with Gasteiger partial charge in [-0.15, -0.1) is 0 Å². The van der Waals surface area contributed by atoms with Gasteiger partial charge in [0.1, 0.15) is 0 Å². The number of nitrogens with one attached hydrogen (secondary N) is 1. The second kappa shape index (κ2) is 5.85. The third-order valence-corrected chi connectivity index (χ3v) is 3.86. The quantitative estimate of drug-likeness (QED) is 0.763. The van der Waals surface area contributed by atoms with Crippen LogP contribution in [0.3, 0.4) is 0 Å². The van der Waals surface area contributed by atoms with Crippen molar-refractivity contribution in [3.63, 3.8) is 0 Å². The zero-order valence-corrected chi connectivity index (χ0v) is 13.6. The Bertz CT molecular complexity index is 747. The SMILES string of the molecule is CC(C)n1ncc2cc(NCc3ccc(Br)cc3)cnc21. The number of hydrogen-bond acceptors (Lipinski definition) is 3. The van der Waals surface area contributed by atoms with Gasteiger partial charge in [0.2, 0.25) is 0 Å². The van der Waals surface area contributed by atoms with Crippen molar-refractivity contribution < 1.29 is 0 Å². The highest BCUT2D eigenvalue weighted by Gasteiger charge is 2.07. The molecule has 0 unspecified atom stereocenters. The van der Waals surface area contributed by atoms with Gasteiger partial charge in [-0.25, -0.2) is 9.67 Å². The number of rotatable bonds is 4. The molecular weight excluding hydrogens is 328 g/mol. The number of fused-ring (bicyclic) bond motifs is 1. The van der Waals surface area contributed by atoms with Crippen molar-refractivity contribution in [3.05, 3.63) is 52.8 Å². The first kappa shape index (κ1) is 14.1. The van der Waals surface area contributed by atoms with E-state index in [1.54, 1.807) is 0 Å². The number of halogens is 1. The lowest BCUT2D eigenvalue weighted by atomic mass is 10.2. The van der Waals surface area contributed by atoms with E-state index in [-0.39, 0.29) is 0 Å². The van der Waals surface area contributed by atoms with Crippen LogP contribution in [0.5, 0.6) is 0 Å². The highest BCUT2D eigenvalue weighted by atomic mass is 79.9. The van der Waals surface area contributed by atoms with Crippen molar-refractivity contribution in [1.82, 2.24) is 14.8 Å². The lowest BCUT2D eigenvalue weighted by molar-refractivity contribution is 0.546. The molecule has 0 saturated heterocycles. The fourth-order valence-corrected chi connectivity index (χ4v) is 2.49. The van der Waals surface area contributed by atoms with E-state index < -0.39 is 0 Å². The maximum absolute atomic E-state index is 4.52. The Labute approximate surface area is 132 Å². The van der Waals surface area contributed by atoms with E-state index in [2.05, 4.69) is 63.4 Å². The van der Waals surface area contributed by atoms with Crippen LogP contribution in [-0.4, -0.2) is 14.8 Å². The molecule has 0 bridgehead atoms. The smallest absolute Gasteiger partial charge is 0.158 e. The lowest BCUT2D eigenvalue weighted by Gasteiger charge is -2.08. The monoisotopic (exact) mass is 344 g/mol. The highest BCUT2D eigenvalue weighted by molar-refractivity contribution is 9.10. The van der Waals surface area contributed by atoms with Crippen LogP contribution in [0, 0.1) is 0 Å². The largest absolute Gasteiger partial charge is 0.380 e. The molecule has 0 spiro atoms. The number of pyridine rings is 1. The van der Waals surface area contributed by atoms with E-state index in [9.17, 15) is 0 Å². The molecule has 4 nitrogen and oxygen atoms in total. The van der Waals surface area contributed by atoms with Gasteiger partial charge in [-0.2, -0.15) is 5.10 Å². The Balaban J connectivity index is 1.77. The number of hydrogen-bond donors (Lipinski definition) is 1. The molecule has 0 aliphatic heterocycles. The summed E-state index contributed by atoms with van der Waals surface area (Å²) >= 11 is 3.44. The standard InChI is InChI=1S/C16H17BrN4/c1-11(2)21-16-13(9-20-21)7-15(10-19-16)18-8-12-3-5-14(17)6-4-12/h3-7,9-11,18H,8H2,1-2H3. The summed E-state index contributed by atoms with van der Waals surface area (Å²) in [5.41, 5.74) is 3.17. The average molecular weight is 345 g/mol. The Morgan fingerprint density at radius 2 is 1.95 bits per heavy atom. The zero-order chi connectivity index (χ0) is 14.8. The van der Waals surface area contributed by atoms with Gasteiger partial charge in [-0.05, 0) is 37.6 Å². The van der Waals surface area contributed by atoms with E-state index >= 15 is 0 Å². The fourth-order valence-electron chi connectivity index (χ4n) is 2.22. The Hall–Kier alpha value is -1.88. The molecule has 0 aliphatic rings. The van der Waals surface area contributed by atoms with Crippen molar-refractivity contribution in [2.24, 2.45) is 0 Å². The van der Waals surface area contributed by atoms with Gasteiger partial charge in [-0.3, -0.25) is 0 Å². The van der Waals surface area contributed by atoms with Gasteiger partial charge in [0.05, 0.1) is 18.1 Å². The Morgan fingerprint density at radius 1 is 1.19 bits per heavy atom. The summed E-state index contributed by atoms with van der Waals surface area (Å²) in [7, 11) is 0. The number of anilines is 1. The summed E-state index contributed by atoms with van der Waals surface area (Å²) in [6.07, 6.45) is 3.73. The summed E-state index contributed by atoms with van der Waals surface area (Å²) in [4.78, 5) is 4.52. The van der Waals surface area contributed by atoms with Crippen LogP contribution < -0.4 is 5.32 Å². The molecule has 0 radical (unpaired) electrons. The second-order valence-corrected chi connectivity index (χ2v) is 6.22. The Morgan fingerprint density at radius 3 is 2.67 bits per heavy atom. The van der Waals surface area contributed by atoms with E-state index in [4.69, 9.17) is 0 Å². The average Bonchev–Trinajstić information content (AvgIpc) is 2.90. The molecule has 21 heavy (non-hydrogen) atoms. The molecule has 5 heteroatoms. The molecule has 0 atom stereocenters. The van der Waals surface area contributed by atoms with E-state index in [1.165, 1.54) is 5.56 Å². The number of nitrogens with zero attached hydrogens (tertiary/aromatic N) is 3. The summed E-state index contributed by atoms with van der Waals surface area (Å²) in [6, 6.07) is 10.7.